The largest absolute Gasteiger partial charge is 0.383 e. The van der Waals surface area contributed by atoms with Crippen molar-refractivity contribution in [3.63, 3.8) is 0 Å². The third kappa shape index (κ3) is 3.92. The summed E-state index contributed by atoms with van der Waals surface area (Å²) >= 11 is 0. The first-order valence-corrected chi connectivity index (χ1v) is 8.80. The number of hydrogen-bond donors (Lipinski definition) is 1. The number of methoxy groups -OCH3 is 1. The van der Waals surface area contributed by atoms with Gasteiger partial charge in [0.05, 0.1) is 6.61 Å². The van der Waals surface area contributed by atoms with Crippen LogP contribution < -0.4 is 10.6 Å². The highest BCUT2D eigenvalue weighted by atomic mass is 16.5. The summed E-state index contributed by atoms with van der Waals surface area (Å²) in [7, 11) is 1.66. The Labute approximate surface area is 148 Å². The fourth-order valence-corrected chi connectivity index (χ4v) is 3.99. The second kappa shape index (κ2) is 7.39. The number of ether oxygens (including phenoxy) is 1. The number of hydrogen-bond acceptors (Lipinski definition) is 5. The topological polar surface area (TPSA) is 88.8 Å². The highest BCUT2D eigenvalue weighted by molar-refractivity contribution is 5.93. The molecule has 1 atom stereocenters. The van der Waals surface area contributed by atoms with Gasteiger partial charge in [-0.05, 0) is 31.4 Å². The average Bonchev–Trinajstić information content (AvgIpc) is 2.63. The lowest BCUT2D eigenvalue weighted by molar-refractivity contribution is -0.138. The zero-order chi connectivity index (χ0) is 17.9. The van der Waals surface area contributed by atoms with Crippen molar-refractivity contribution in [1.29, 1.82) is 0 Å². The van der Waals surface area contributed by atoms with Gasteiger partial charge in [-0.25, -0.2) is 4.98 Å². The first kappa shape index (κ1) is 17.7. The number of amides is 2. The van der Waals surface area contributed by atoms with E-state index >= 15 is 0 Å². The highest BCUT2D eigenvalue weighted by Gasteiger charge is 2.41. The van der Waals surface area contributed by atoms with Crippen molar-refractivity contribution in [3.05, 3.63) is 23.9 Å². The highest BCUT2D eigenvalue weighted by Crippen LogP contribution is 2.39. The molecule has 7 nitrogen and oxygen atoms in total. The van der Waals surface area contributed by atoms with Crippen LogP contribution in [0.2, 0.25) is 0 Å². The molecule has 0 saturated carbocycles. The second-order valence-corrected chi connectivity index (χ2v) is 7.10. The number of aromatic nitrogens is 1. The number of nitrogens with two attached hydrogens (primary N) is 1. The number of primary amides is 1. The molecule has 2 aliphatic rings. The van der Waals surface area contributed by atoms with Crippen LogP contribution in [-0.4, -0.2) is 61.6 Å². The van der Waals surface area contributed by atoms with Crippen LogP contribution in [-0.2, 0) is 9.53 Å². The lowest BCUT2D eigenvalue weighted by atomic mass is 9.73. The Morgan fingerprint density at radius 2 is 2.24 bits per heavy atom. The molecule has 2 amide bonds. The number of carbonyl (C=O) groups is 2. The summed E-state index contributed by atoms with van der Waals surface area (Å²) in [4.78, 5) is 32.2. The summed E-state index contributed by atoms with van der Waals surface area (Å²) in [5.74, 6) is 0.564. The van der Waals surface area contributed by atoms with E-state index in [4.69, 9.17) is 10.5 Å². The predicted molar refractivity (Wildman–Crippen MR) is 94.3 cm³/mol. The molecule has 7 heteroatoms. The smallest absolute Gasteiger partial charge is 0.248 e. The molecule has 2 N–H and O–H groups in total. The van der Waals surface area contributed by atoms with E-state index in [9.17, 15) is 9.59 Å². The maximum absolute atomic E-state index is 12.2. The summed E-state index contributed by atoms with van der Waals surface area (Å²) in [6.07, 6.45) is 5.28. The molecule has 0 aliphatic carbocycles. The van der Waals surface area contributed by atoms with Crippen LogP contribution in [0.3, 0.4) is 0 Å². The Balaban J connectivity index is 1.75. The van der Waals surface area contributed by atoms with Crippen LogP contribution >= 0.6 is 0 Å². The molecular weight excluding hydrogens is 320 g/mol. The molecule has 25 heavy (non-hydrogen) atoms. The zero-order valence-corrected chi connectivity index (χ0v) is 14.7. The predicted octanol–water partition coefficient (Wildman–Crippen LogP) is 1.04. The van der Waals surface area contributed by atoms with Crippen LogP contribution in [0, 0.1) is 5.41 Å². The first-order valence-electron chi connectivity index (χ1n) is 8.80. The van der Waals surface area contributed by atoms with E-state index in [0.29, 0.717) is 25.1 Å². The molecule has 3 rings (SSSR count). The van der Waals surface area contributed by atoms with E-state index in [1.165, 1.54) is 0 Å². The van der Waals surface area contributed by atoms with Crippen molar-refractivity contribution in [3.8, 4) is 0 Å². The normalized spacial score (nSPS) is 24.0. The summed E-state index contributed by atoms with van der Waals surface area (Å²) in [6.45, 7) is 3.73. The van der Waals surface area contributed by atoms with E-state index in [-0.39, 0.29) is 11.3 Å². The van der Waals surface area contributed by atoms with Gasteiger partial charge in [0.25, 0.3) is 0 Å². The molecule has 2 fully saturated rings. The van der Waals surface area contributed by atoms with Gasteiger partial charge in [-0.15, -0.1) is 0 Å². The Kier molecular flexibility index (Phi) is 5.22. The van der Waals surface area contributed by atoms with Gasteiger partial charge >= 0.3 is 0 Å². The Morgan fingerprint density at radius 1 is 1.40 bits per heavy atom. The quantitative estimate of drug-likeness (QED) is 0.860. The molecule has 0 bridgehead atoms. The molecule has 1 aromatic rings. The molecule has 2 aliphatic heterocycles. The summed E-state index contributed by atoms with van der Waals surface area (Å²) < 4.78 is 5.14. The molecule has 2 saturated heterocycles. The van der Waals surface area contributed by atoms with Crippen molar-refractivity contribution < 1.29 is 14.3 Å². The minimum absolute atomic E-state index is 0.0876. The number of anilines is 1. The fourth-order valence-electron chi connectivity index (χ4n) is 3.99. The van der Waals surface area contributed by atoms with Crippen molar-refractivity contribution in [2.24, 2.45) is 11.1 Å². The maximum Gasteiger partial charge on any atom is 0.248 e. The molecule has 3 heterocycles. The number of piperidine rings is 2. The van der Waals surface area contributed by atoms with Crippen LogP contribution in [0.1, 0.15) is 36.0 Å². The van der Waals surface area contributed by atoms with Crippen molar-refractivity contribution >= 4 is 17.6 Å². The van der Waals surface area contributed by atoms with Crippen molar-refractivity contribution in [2.75, 3.05) is 44.8 Å². The molecule has 0 aromatic carbocycles. The van der Waals surface area contributed by atoms with Gasteiger partial charge < -0.3 is 20.3 Å². The Bertz CT molecular complexity index is 651. The summed E-state index contributed by atoms with van der Waals surface area (Å²) in [6, 6.07) is 3.40. The number of pyridine rings is 1. The molecule has 0 unspecified atom stereocenters. The van der Waals surface area contributed by atoms with E-state index in [1.807, 2.05) is 4.90 Å². The van der Waals surface area contributed by atoms with Gasteiger partial charge in [0.15, 0.2) is 0 Å². The van der Waals surface area contributed by atoms with Crippen LogP contribution in [0.4, 0.5) is 5.82 Å². The number of carbonyl (C=O) groups excluding carboxylic acids is 2. The second-order valence-electron chi connectivity index (χ2n) is 7.10. The number of likely N-dealkylation sites (tertiary alicyclic amines) is 1. The van der Waals surface area contributed by atoms with Gasteiger partial charge in [0, 0.05) is 56.9 Å². The molecule has 1 aromatic heterocycles. The lowest BCUT2D eigenvalue weighted by Gasteiger charge is -2.48. The molecular formula is C18H26N4O3. The van der Waals surface area contributed by atoms with E-state index in [1.54, 1.807) is 25.4 Å². The van der Waals surface area contributed by atoms with Gasteiger partial charge in [-0.2, -0.15) is 0 Å². The third-order valence-electron chi connectivity index (χ3n) is 5.33. The van der Waals surface area contributed by atoms with E-state index in [0.717, 1.165) is 44.7 Å². The number of rotatable bonds is 5. The van der Waals surface area contributed by atoms with Gasteiger partial charge in [-0.1, -0.05) is 0 Å². The fraction of sp³-hybridized carbons (Fsp3) is 0.611. The number of nitrogens with zero attached hydrogens (tertiary/aromatic N) is 3. The van der Waals surface area contributed by atoms with Gasteiger partial charge in [0.1, 0.15) is 5.82 Å². The van der Waals surface area contributed by atoms with E-state index < -0.39 is 5.91 Å². The van der Waals surface area contributed by atoms with Crippen LogP contribution in [0.5, 0.6) is 0 Å². The first-order chi connectivity index (χ1) is 12.0. The average molecular weight is 346 g/mol. The SMILES string of the molecule is COCCN1C[C@]2(CCCN(c3cc(C(N)=O)ccn3)C2)CCC1=O. The molecule has 1 spiro atoms. The Morgan fingerprint density at radius 3 is 3.00 bits per heavy atom. The lowest BCUT2D eigenvalue weighted by Crippen LogP contribution is -2.54. The van der Waals surface area contributed by atoms with Gasteiger partial charge in [-0.3, -0.25) is 9.59 Å². The molecule has 136 valence electrons. The minimum atomic E-state index is -0.440. The standard InChI is InChI=1S/C18H26N4O3/c1-25-10-9-22-13-18(6-3-16(22)23)5-2-8-21(12-18)15-11-14(17(19)24)4-7-20-15/h4,7,11H,2-3,5-6,8-10,12-13H2,1H3,(H2,19,24)/t18-/m1/s1. The minimum Gasteiger partial charge on any atom is -0.383 e. The maximum atomic E-state index is 12.2. The van der Waals surface area contributed by atoms with Gasteiger partial charge in [0.2, 0.25) is 11.8 Å². The Hall–Kier alpha value is -2.15. The van der Waals surface area contributed by atoms with Crippen molar-refractivity contribution in [1.82, 2.24) is 9.88 Å². The summed E-state index contributed by atoms with van der Waals surface area (Å²) in [5.41, 5.74) is 5.95. The van der Waals surface area contributed by atoms with Crippen LogP contribution in [0.25, 0.3) is 0 Å². The van der Waals surface area contributed by atoms with E-state index in [2.05, 4.69) is 9.88 Å². The summed E-state index contributed by atoms with van der Waals surface area (Å²) in [5, 5.41) is 0. The monoisotopic (exact) mass is 346 g/mol. The zero-order valence-electron chi connectivity index (χ0n) is 14.7. The third-order valence-corrected chi connectivity index (χ3v) is 5.33. The van der Waals surface area contributed by atoms with Crippen molar-refractivity contribution in [2.45, 2.75) is 25.7 Å². The van der Waals surface area contributed by atoms with Crippen LogP contribution in [0.15, 0.2) is 18.3 Å². The molecule has 0 radical (unpaired) electrons.